The van der Waals surface area contributed by atoms with Gasteiger partial charge in [0, 0.05) is 0 Å². The molecule has 4 nitrogen and oxygen atoms in total. The minimum absolute atomic E-state index is 0.219. The van der Waals surface area contributed by atoms with Crippen LogP contribution in [0, 0.1) is 0 Å². The molecule has 1 atom stereocenters. The van der Waals surface area contributed by atoms with E-state index in [2.05, 4.69) is 11.9 Å². The van der Waals surface area contributed by atoms with Crippen molar-refractivity contribution < 1.29 is 14.7 Å². The first-order valence-electron chi connectivity index (χ1n) is 7.85. The van der Waals surface area contributed by atoms with Gasteiger partial charge in [0.2, 0.25) is 5.91 Å². The van der Waals surface area contributed by atoms with E-state index in [1.54, 1.807) is 6.92 Å². The molecule has 0 spiro atoms. The molecule has 1 aliphatic rings. The van der Waals surface area contributed by atoms with Crippen molar-refractivity contribution in [3.05, 3.63) is 71.8 Å². The standard InChI is InChI=1S/C20H19NO3/c1-12(2)11-17(20(23)24)21-19(22)18-15-9-5-3-7-13(15)14-8-4-6-10-16(14)18/h3-10,17-18H,1,11H2,2H3,(H,21,22)(H,23,24)/t17-/m1/s1. The highest BCUT2D eigenvalue weighted by Crippen LogP contribution is 2.44. The molecular formula is C20H19NO3. The summed E-state index contributed by atoms with van der Waals surface area (Å²) in [5.74, 6) is -1.82. The third kappa shape index (κ3) is 2.83. The molecule has 24 heavy (non-hydrogen) atoms. The predicted molar refractivity (Wildman–Crippen MR) is 92.7 cm³/mol. The number of hydrogen-bond donors (Lipinski definition) is 2. The molecule has 0 aliphatic heterocycles. The van der Waals surface area contributed by atoms with Crippen LogP contribution < -0.4 is 5.32 Å². The van der Waals surface area contributed by atoms with Gasteiger partial charge in [-0.05, 0) is 35.6 Å². The molecule has 0 radical (unpaired) electrons. The van der Waals surface area contributed by atoms with Crippen molar-refractivity contribution in [1.82, 2.24) is 5.32 Å². The Labute approximate surface area is 140 Å². The van der Waals surface area contributed by atoms with E-state index in [1.807, 2.05) is 48.5 Å². The molecule has 3 rings (SSSR count). The molecule has 0 aromatic heterocycles. The third-order valence-electron chi connectivity index (χ3n) is 4.26. The number of carboxylic acids is 1. The van der Waals surface area contributed by atoms with E-state index in [9.17, 15) is 14.7 Å². The van der Waals surface area contributed by atoms with E-state index < -0.39 is 17.9 Å². The summed E-state index contributed by atoms with van der Waals surface area (Å²) in [4.78, 5) is 24.3. The Hall–Kier alpha value is -2.88. The van der Waals surface area contributed by atoms with Crippen LogP contribution in [0.3, 0.4) is 0 Å². The number of nitrogens with one attached hydrogen (secondary N) is 1. The van der Waals surface area contributed by atoms with E-state index in [-0.39, 0.29) is 12.3 Å². The number of fused-ring (bicyclic) bond motifs is 3. The molecule has 2 aromatic carbocycles. The number of aliphatic carboxylic acids is 1. The fourth-order valence-electron chi connectivity index (χ4n) is 3.24. The zero-order valence-electron chi connectivity index (χ0n) is 13.5. The summed E-state index contributed by atoms with van der Waals surface area (Å²) in [6.07, 6.45) is 0.219. The van der Waals surface area contributed by atoms with Gasteiger partial charge in [-0.15, -0.1) is 6.58 Å². The van der Waals surface area contributed by atoms with Crippen LogP contribution in [0.15, 0.2) is 60.7 Å². The second-order valence-corrected chi connectivity index (χ2v) is 6.17. The first-order chi connectivity index (χ1) is 11.5. The van der Waals surface area contributed by atoms with Crippen LogP contribution in [0.2, 0.25) is 0 Å². The van der Waals surface area contributed by atoms with Crippen molar-refractivity contribution in [2.75, 3.05) is 0 Å². The summed E-state index contributed by atoms with van der Waals surface area (Å²) in [5, 5.41) is 12.0. The average molecular weight is 321 g/mol. The third-order valence-corrected chi connectivity index (χ3v) is 4.26. The first-order valence-corrected chi connectivity index (χ1v) is 7.85. The maximum Gasteiger partial charge on any atom is 0.326 e. The molecule has 4 heteroatoms. The molecule has 1 amide bonds. The van der Waals surface area contributed by atoms with Crippen LogP contribution in [0.25, 0.3) is 11.1 Å². The summed E-state index contributed by atoms with van der Waals surface area (Å²) in [6.45, 7) is 5.49. The van der Waals surface area contributed by atoms with Gasteiger partial charge in [-0.3, -0.25) is 4.79 Å². The Morgan fingerprint density at radius 2 is 1.58 bits per heavy atom. The van der Waals surface area contributed by atoms with Gasteiger partial charge in [-0.2, -0.15) is 0 Å². The zero-order valence-corrected chi connectivity index (χ0v) is 13.5. The minimum Gasteiger partial charge on any atom is -0.480 e. The van der Waals surface area contributed by atoms with Crippen LogP contribution in [0.5, 0.6) is 0 Å². The van der Waals surface area contributed by atoms with Crippen molar-refractivity contribution >= 4 is 11.9 Å². The maximum atomic E-state index is 12.9. The highest BCUT2D eigenvalue weighted by atomic mass is 16.4. The van der Waals surface area contributed by atoms with Gasteiger partial charge in [0.15, 0.2) is 0 Å². The highest BCUT2D eigenvalue weighted by Gasteiger charge is 2.35. The van der Waals surface area contributed by atoms with E-state index >= 15 is 0 Å². The predicted octanol–water partition coefficient (Wildman–Crippen LogP) is 3.33. The summed E-state index contributed by atoms with van der Waals surface area (Å²) < 4.78 is 0. The van der Waals surface area contributed by atoms with Crippen molar-refractivity contribution in [1.29, 1.82) is 0 Å². The van der Waals surface area contributed by atoms with Crippen molar-refractivity contribution in [3.8, 4) is 11.1 Å². The Bertz CT molecular complexity index is 780. The molecule has 122 valence electrons. The summed E-state index contributed by atoms with van der Waals surface area (Å²) in [7, 11) is 0. The molecule has 2 N–H and O–H groups in total. The van der Waals surface area contributed by atoms with E-state index in [4.69, 9.17) is 0 Å². The van der Waals surface area contributed by atoms with Crippen LogP contribution in [-0.2, 0) is 9.59 Å². The molecule has 2 aromatic rings. The van der Waals surface area contributed by atoms with Crippen molar-refractivity contribution in [3.63, 3.8) is 0 Å². The maximum absolute atomic E-state index is 12.9. The Balaban J connectivity index is 1.95. The lowest BCUT2D eigenvalue weighted by Crippen LogP contribution is -2.43. The van der Waals surface area contributed by atoms with Gasteiger partial charge in [0.05, 0.1) is 5.92 Å². The lowest BCUT2D eigenvalue weighted by atomic mass is 9.95. The van der Waals surface area contributed by atoms with E-state index in [1.165, 1.54) is 0 Å². The van der Waals surface area contributed by atoms with Gasteiger partial charge in [-0.1, -0.05) is 54.1 Å². The van der Waals surface area contributed by atoms with Crippen molar-refractivity contribution in [2.45, 2.75) is 25.3 Å². The normalized spacial score (nSPS) is 13.7. The lowest BCUT2D eigenvalue weighted by molar-refractivity contribution is -0.141. The molecule has 1 aliphatic carbocycles. The lowest BCUT2D eigenvalue weighted by Gasteiger charge is -2.19. The number of carbonyl (C=O) groups is 2. The van der Waals surface area contributed by atoms with Crippen LogP contribution in [0.1, 0.15) is 30.4 Å². The topological polar surface area (TPSA) is 66.4 Å². The molecule has 0 fully saturated rings. The SMILES string of the molecule is C=C(C)C[C@@H](NC(=O)C1c2ccccc2-c2ccccc21)C(=O)O. The number of carbonyl (C=O) groups excluding carboxylic acids is 1. The molecule has 0 unspecified atom stereocenters. The molecule has 0 bridgehead atoms. The highest BCUT2D eigenvalue weighted by molar-refractivity contribution is 5.97. The van der Waals surface area contributed by atoms with E-state index in [0.29, 0.717) is 0 Å². The summed E-state index contributed by atoms with van der Waals surface area (Å²) >= 11 is 0. The second-order valence-electron chi connectivity index (χ2n) is 6.17. The number of benzene rings is 2. The second kappa shape index (κ2) is 6.32. The average Bonchev–Trinajstić information content (AvgIpc) is 2.88. The van der Waals surface area contributed by atoms with Gasteiger partial charge in [0.1, 0.15) is 6.04 Å². The molecule has 0 saturated carbocycles. The summed E-state index contributed by atoms with van der Waals surface area (Å²) in [6, 6.07) is 14.5. The minimum atomic E-state index is -1.05. The van der Waals surface area contributed by atoms with Gasteiger partial charge < -0.3 is 10.4 Å². The number of amides is 1. The van der Waals surface area contributed by atoms with E-state index in [0.717, 1.165) is 27.8 Å². The Kier molecular flexibility index (Phi) is 4.21. The monoisotopic (exact) mass is 321 g/mol. The number of hydrogen-bond acceptors (Lipinski definition) is 2. The van der Waals surface area contributed by atoms with Crippen molar-refractivity contribution in [2.24, 2.45) is 0 Å². The van der Waals surface area contributed by atoms with Crippen LogP contribution in [0.4, 0.5) is 0 Å². The molecule has 0 heterocycles. The summed E-state index contributed by atoms with van der Waals surface area (Å²) in [5.41, 5.74) is 4.60. The number of carboxylic acid groups (broad SMARTS) is 1. The van der Waals surface area contributed by atoms with Crippen LogP contribution in [-0.4, -0.2) is 23.0 Å². The fourth-order valence-corrected chi connectivity index (χ4v) is 3.24. The quantitative estimate of drug-likeness (QED) is 0.830. The first kappa shape index (κ1) is 16.0. The number of rotatable bonds is 5. The van der Waals surface area contributed by atoms with Gasteiger partial charge in [0.25, 0.3) is 0 Å². The Morgan fingerprint density at radius 1 is 1.08 bits per heavy atom. The molecule has 0 saturated heterocycles. The smallest absolute Gasteiger partial charge is 0.326 e. The van der Waals surface area contributed by atoms with Crippen LogP contribution >= 0.6 is 0 Å². The Morgan fingerprint density at radius 3 is 2.04 bits per heavy atom. The fraction of sp³-hybridized carbons (Fsp3) is 0.200. The van der Waals surface area contributed by atoms with Gasteiger partial charge >= 0.3 is 5.97 Å². The van der Waals surface area contributed by atoms with Gasteiger partial charge in [-0.25, -0.2) is 4.79 Å². The largest absolute Gasteiger partial charge is 0.480 e. The molecular weight excluding hydrogens is 302 g/mol. The zero-order chi connectivity index (χ0) is 17.3.